The minimum absolute atomic E-state index is 0.0383. The summed E-state index contributed by atoms with van der Waals surface area (Å²) in [5.74, 6) is -1.26. The number of nitro groups is 1. The molecular weight excluding hydrogens is 294 g/mol. The van der Waals surface area contributed by atoms with Crippen LogP contribution in [0.3, 0.4) is 0 Å². The third-order valence-corrected chi connectivity index (χ3v) is 4.09. The number of nitrogens with zero attached hydrogens (tertiary/aromatic N) is 2. The highest BCUT2D eigenvalue weighted by Gasteiger charge is 2.18. The number of carboxylic acids is 1. The Kier molecular flexibility index (Phi) is 4.18. The summed E-state index contributed by atoms with van der Waals surface area (Å²) in [6.07, 6.45) is 0. The van der Waals surface area contributed by atoms with Crippen LogP contribution >= 0.6 is 11.3 Å². The molecule has 2 rings (SSSR count). The van der Waals surface area contributed by atoms with Gasteiger partial charge in [-0.1, -0.05) is 0 Å². The molecule has 0 radical (unpaired) electrons. The van der Waals surface area contributed by atoms with Crippen molar-refractivity contribution in [1.82, 2.24) is 4.98 Å². The van der Waals surface area contributed by atoms with Gasteiger partial charge in [0, 0.05) is 15.8 Å². The molecule has 0 aliphatic rings. The molecule has 0 amide bonds. The quantitative estimate of drug-likeness (QED) is 0.650. The van der Waals surface area contributed by atoms with E-state index in [1.807, 2.05) is 19.9 Å². The Morgan fingerprint density at radius 1 is 1.48 bits per heavy atom. The third kappa shape index (κ3) is 3.34. The fourth-order valence-corrected chi connectivity index (χ4v) is 2.75. The van der Waals surface area contributed by atoms with Crippen molar-refractivity contribution in [2.75, 3.05) is 5.32 Å². The Labute approximate surface area is 124 Å². The van der Waals surface area contributed by atoms with Crippen LogP contribution in [-0.2, 0) is 6.54 Å². The number of carboxylic acid groups (broad SMARTS) is 1. The lowest BCUT2D eigenvalue weighted by Gasteiger charge is -2.05. The van der Waals surface area contributed by atoms with Gasteiger partial charge in [0.15, 0.2) is 5.69 Å². The van der Waals surface area contributed by atoms with Crippen molar-refractivity contribution in [2.45, 2.75) is 20.4 Å². The van der Waals surface area contributed by atoms with Gasteiger partial charge in [0.2, 0.25) is 5.82 Å². The number of thiophene rings is 1. The molecule has 0 fully saturated rings. The lowest BCUT2D eigenvalue weighted by molar-refractivity contribution is -0.384. The summed E-state index contributed by atoms with van der Waals surface area (Å²) in [5, 5.41) is 22.7. The Hall–Kier alpha value is -2.48. The van der Waals surface area contributed by atoms with Crippen LogP contribution < -0.4 is 5.32 Å². The summed E-state index contributed by atoms with van der Waals surface area (Å²) in [6.45, 7) is 4.34. The highest BCUT2D eigenvalue weighted by molar-refractivity contribution is 7.12. The number of hydrogen-bond acceptors (Lipinski definition) is 6. The summed E-state index contributed by atoms with van der Waals surface area (Å²) in [4.78, 5) is 27.2. The van der Waals surface area contributed by atoms with Gasteiger partial charge in [-0.25, -0.2) is 9.78 Å². The fraction of sp³-hybridized carbons (Fsp3) is 0.231. The van der Waals surface area contributed by atoms with Gasteiger partial charge in [0.05, 0.1) is 11.5 Å². The number of carbonyl (C=O) groups is 1. The van der Waals surface area contributed by atoms with Gasteiger partial charge in [0.1, 0.15) is 0 Å². The van der Waals surface area contributed by atoms with E-state index in [0.29, 0.717) is 6.54 Å². The molecule has 110 valence electrons. The van der Waals surface area contributed by atoms with Crippen molar-refractivity contribution in [1.29, 1.82) is 0 Å². The number of hydrogen-bond donors (Lipinski definition) is 2. The molecule has 0 aliphatic heterocycles. The molecule has 2 aromatic heterocycles. The van der Waals surface area contributed by atoms with E-state index in [0.717, 1.165) is 22.6 Å². The van der Waals surface area contributed by atoms with Gasteiger partial charge in [-0.05, 0) is 31.5 Å². The molecule has 0 bridgehead atoms. The lowest BCUT2D eigenvalue weighted by Crippen LogP contribution is -2.08. The van der Waals surface area contributed by atoms with E-state index in [1.54, 1.807) is 11.3 Å². The van der Waals surface area contributed by atoms with Crippen LogP contribution in [0.25, 0.3) is 0 Å². The second kappa shape index (κ2) is 5.88. The monoisotopic (exact) mass is 307 g/mol. The number of anilines is 1. The maximum absolute atomic E-state index is 11.0. The standard InChI is InChI=1S/C13H13N3O4S/c1-7-5-9(21-8(7)2)6-14-12-11(16(19)20)4-3-10(15-12)13(17)18/h3-5H,6H2,1-2H3,(H,14,15)(H,17,18). The first-order valence-electron chi connectivity index (χ1n) is 6.07. The predicted octanol–water partition coefficient (Wildman–Crippen LogP) is 2.98. The van der Waals surface area contributed by atoms with Gasteiger partial charge in [-0.2, -0.15) is 0 Å². The smallest absolute Gasteiger partial charge is 0.354 e. The molecule has 0 aliphatic carbocycles. The van der Waals surface area contributed by atoms with Gasteiger partial charge in [-0.3, -0.25) is 10.1 Å². The zero-order chi connectivity index (χ0) is 15.6. The minimum atomic E-state index is -1.23. The van der Waals surface area contributed by atoms with E-state index in [9.17, 15) is 14.9 Å². The van der Waals surface area contributed by atoms with Crippen LogP contribution in [0.2, 0.25) is 0 Å². The van der Waals surface area contributed by atoms with E-state index >= 15 is 0 Å². The van der Waals surface area contributed by atoms with Gasteiger partial charge >= 0.3 is 11.7 Å². The average Bonchev–Trinajstić information content (AvgIpc) is 2.75. The molecule has 0 aromatic carbocycles. The first-order chi connectivity index (χ1) is 9.88. The Bertz CT molecular complexity index is 692. The predicted molar refractivity (Wildman–Crippen MR) is 79.0 cm³/mol. The maximum Gasteiger partial charge on any atom is 0.354 e. The molecule has 21 heavy (non-hydrogen) atoms. The third-order valence-electron chi connectivity index (χ3n) is 2.94. The van der Waals surface area contributed by atoms with Gasteiger partial charge < -0.3 is 10.4 Å². The number of rotatable bonds is 5. The van der Waals surface area contributed by atoms with E-state index in [1.165, 1.54) is 4.88 Å². The highest BCUT2D eigenvalue weighted by atomic mass is 32.1. The van der Waals surface area contributed by atoms with Crippen molar-refractivity contribution in [2.24, 2.45) is 0 Å². The average molecular weight is 307 g/mol. The molecule has 0 saturated carbocycles. The first-order valence-corrected chi connectivity index (χ1v) is 6.88. The van der Waals surface area contributed by atoms with E-state index < -0.39 is 10.9 Å². The molecule has 0 saturated heterocycles. The van der Waals surface area contributed by atoms with Crippen molar-refractivity contribution in [3.05, 3.63) is 49.3 Å². The number of pyridine rings is 1. The highest BCUT2D eigenvalue weighted by Crippen LogP contribution is 2.25. The van der Waals surface area contributed by atoms with Crippen LogP contribution in [0.15, 0.2) is 18.2 Å². The second-order valence-corrected chi connectivity index (χ2v) is 5.77. The summed E-state index contributed by atoms with van der Waals surface area (Å²) < 4.78 is 0. The fourth-order valence-electron chi connectivity index (χ4n) is 1.76. The first kappa shape index (κ1) is 14.9. The lowest BCUT2D eigenvalue weighted by atomic mass is 10.3. The van der Waals surface area contributed by atoms with Crippen LogP contribution in [0, 0.1) is 24.0 Å². The maximum atomic E-state index is 11.0. The van der Waals surface area contributed by atoms with E-state index in [2.05, 4.69) is 10.3 Å². The SMILES string of the molecule is Cc1cc(CNc2nc(C(=O)O)ccc2[N+](=O)[O-])sc1C. The zero-order valence-electron chi connectivity index (χ0n) is 11.4. The number of aryl methyl sites for hydroxylation is 2. The number of aromatic carboxylic acids is 1. The number of aromatic nitrogens is 1. The zero-order valence-corrected chi connectivity index (χ0v) is 12.2. The summed E-state index contributed by atoms with van der Waals surface area (Å²) in [5.41, 5.74) is 0.671. The second-order valence-electron chi connectivity index (χ2n) is 4.43. The largest absolute Gasteiger partial charge is 0.477 e. The molecular formula is C13H13N3O4S. The van der Waals surface area contributed by atoms with Crippen molar-refractivity contribution in [3.63, 3.8) is 0 Å². The Morgan fingerprint density at radius 2 is 2.19 bits per heavy atom. The molecule has 0 spiro atoms. The van der Waals surface area contributed by atoms with Crippen LogP contribution in [0.4, 0.5) is 11.5 Å². The summed E-state index contributed by atoms with van der Waals surface area (Å²) in [6, 6.07) is 4.24. The van der Waals surface area contributed by atoms with Crippen LogP contribution in [-0.4, -0.2) is 21.0 Å². The van der Waals surface area contributed by atoms with Crippen LogP contribution in [0.1, 0.15) is 25.8 Å². The van der Waals surface area contributed by atoms with Gasteiger partial charge in [0.25, 0.3) is 0 Å². The Balaban J connectivity index is 2.26. The minimum Gasteiger partial charge on any atom is -0.477 e. The van der Waals surface area contributed by atoms with E-state index in [4.69, 9.17) is 5.11 Å². The molecule has 2 aromatic rings. The molecule has 0 atom stereocenters. The van der Waals surface area contributed by atoms with Crippen LogP contribution in [0.5, 0.6) is 0 Å². The summed E-state index contributed by atoms with van der Waals surface area (Å²) in [7, 11) is 0. The van der Waals surface area contributed by atoms with Crippen molar-refractivity contribution < 1.29 is 14.8 Å². The Morgan fingerprint density at radius 3 is 2.71 bits per heavy atom. The normalized spacial score (nSPS) is 10.4. The van der Waals surface area contributed by atoms with Gasteiger partial charge in [-0.15, -0.1) is 11.3 Å². The molecule has 2 N–H and O–H groups in total. The summed E-state index contributed by atoms with van der Waals surface area (Å²) >= 11 is 1.58. The molecule has 8 heteroatoms. The molecule has 2 heterocycles. The van der Waals surface area contributed by atoms with Crippen molar-refractivity contribution >= 4 is 28.8 Å². The van der Waals surface area contributed by atoms with E-state index in [-0.39, 0.29) is 17.2 Å². The molecule has 0 unspecified atom stereocenters. The van der Waals surface area contributed by atoms with Crippen molar-refractivity contribution in [3.8, 4) is 0 Å². The topological polar surface area (TPSA) is 105 Å². The number of nitrogens with one attached hydrogen (secondary N) is 1. The molecule has 7 nitrogen and oxygen atoms in total.